The summed E-state index contributed by atoms with van der Waals surface area (Å²) in [5.41, 5.74) is 1.10. The van der Waals surface area contributed by atoms with Crippen molar-refractivity contribution in [3.63, 3.8) is 0 Å². The van der Waals surface area contributed by atoms with E-state index in [1.54, 1.807) is 24.3 Å². The molecule has 3 aromatic rings. The largest absolute Gasteiger partial charge is 0.349 e. The van der Waals surface area contributed by atoms with Crippen LogP contribution in [0.4, 0.5) is 10.1 Å². The summed E-state index contributed by atoms with van der Waals surface area (Å²) in [6.07, 6.45) is 6.26. The number of carbonyl (C=O) groups excluding carboxylic acids is 2. The summed E-state index contributed by atoms with van der Waals surface area (Å²) in [4.78, 5) is 28.1. The molecular formula is C28H27FN2O4S. The molecule has 1 N–H and O–H groups in total. The number of amides is 2. The lowest BCUT2D eigenvalue weighted by atomic mass is 10.1. The summed E-state index contributed by atoms with van der Waals surface area (Å²) >= 11 is 0. The number of benzene rings is 3. The Morgan fingerprint density at radius 1 is 0.917 bits per heavy atom. The third-order valence-electron chi connectivity index (χ3n) is 6.90. The van der Waals surface area contributed by atoms with Crippen LogP contribution in [0.5, 0.6) is 0 Å². The molecule has 0 unspecified atom stereocenters. The van der Waals surface area contributed by atoms with Gasteiger partial charge in [-0.1, -0.05) is 49.9 Å². The molecule has 1 aliphatic carbocycles. The van der Waals surface area contributed by atoms with E-state index in [1.165, 1.54) is 47.4 Å². The number of fused-ring (bicyclic) bond motifs is 2. The van der Waals surface area contributed by atoms with Gasteiger partial charge in [-0.2, -0.15) is 0 Å². The lowest BCUT2D eigenvalue weighted by Crippen LogP contribution is -2.35. The second-order valence-corrected chi connectivity index (χ2v) is 11.2. The van der Waals surface area contributed by atoms with E-state index in [0.717, 1.165) is 38.5 Å². The van der Waals surface area contributed by atoms with Crippen LogP contribution >= 0.6 is 0 Å². The zero-order chi connectivity index (χ0) is 25.3. The summed E-state index contributed by atoms with van der Waals surface area (Å²) < 4.78 is 40.7. The zero-order valence-corrected chi connectivity index (χ0v) is 20.6. The van der Waals surface area contributed by atoms with E-state index in [0.29, 0.717) is 5.56 Å². The topological polar surface area (TPSA) is 83.6 Å². The maximum atomic E-state index is 13.7. The van der Waals surface area contributed by atoms with Gasteiger partial charge in [0.1, 0.15) is 5.82 Å². The quantitative estimate of drug-likeness (QED) is 0.489. The highest BCUT2D eigenvalue weighted by Gasteiger charge is 2.36. The Bertz CT molecular complexity index is 1410. The molecule has 6 nitrogen and oxygen atoms in total. The summed E-state index contributed by atoms with van der Waals surface area (Å²) in [7, 11) is -4.03. The van der Waals surface area contributed by atoms with Crippen molar-refractivity contribution in [2.24, 2.45) is 0 Å². The molecule has 2 amide bonds. The minimum Gasteiger partial charge on any atom is -0.349 e. The molecule has 1 aliphatic heterocycles. The van der Waals surface area contributed by atoms with Crippen molar-refractivity contribution in [3.05, 3.63) is 89.2 Å². The highest BCUT2D eigenvalue weighted by atomic mass is 32.2. The van der Waals surface area contributed by atoms with Gasteiger partial charge < -0.3 is 10.2 Å². The second kappa shape index (κ2) is 9.85. The normalized spacial score (nSPS) is 17.5. The predicted octanol–water partition coefficient (Wildman–Crippen LogP) is 5.27. The van der Waals surface area contributed by atoms with E-state index in [1.807, 2.05) is 0 Å². The van der Waals surface area contributed by atoms with Crippen LogP contribution in [-0.4, -0.2) is 26.3 Å². The van der Waals surface area contributed by atoms with E-state index in [4.69, 9.17) is 0 Å². The minimum absolute atomic E-state index is 0.0175. The number of nitrogens with zero attached hydrogens (tertiary/aromatic N) is 1. The second-order valence-electron chi connectivity index (χ2n) is 9.36. The van der Waals surface area contributed by atoms with Gasteiger partial charge in [0, 0.05) is 11.6 Å². The fourth-order valence-electron chi connectivity index (χ4n) is 4.97. The molecule has 0 saturated heterocycles. The van der Waals surface area contributed by atoms with Crippen LogP contribution in [0.25, 0.3) is 0 Å². The number of carbonyl (C=O) groups is 2. The number of hydrogen-bond acceptors (Lipinski definition) is 4. The van der Waals surface area contributed by atoms with Gasteiger partial charge in [-0.05, 0) is 60.9 Å². The van der Waals surface area contributed by atoms with Gasteiger partial charge in [0.25, 0.3) is 11.8 Å². The molecule has 3 aromatic carbocycles. The molecule has 0 radical (unpaired) electrons. The molecular weight excluding hydrogens is 479 g/mol. The average molecular weight is 507 g/mol. The van der Waals surface area contributed by atoms with Crippen molar-refractivity contribution >= 4 is 27.3 Å². The first-order chi connectivity index (χ1) is 17.3. The zero-order valence-electron chi connectivity index (χ0n) is 19.7. The number of sulfone groups is 1. The van der Waals surface area contributed by atoms with Crippen molar-refractivity contribution < 1.29 is 22.4 Å². The summed E-state index contributed by atoms with van der Waals surface area (Å²) in [6, 6.07) is 16.2. The predicted molar refractivity (Wildman–Crippen MR) is 134 cm³/mol. The maximum absolute atomic E-state index is 13.7. The highest BCUT2D eigenvalue weighted by Crippen LogP contribution is 2.38. The summed E-state index contributed by atoms with van der Waals surface area (Å²) in [6.45, 7) is 0.0175. The number of nitrogens with one attached hydrogen (secondary N) is 1. The Hall–Kier alpha value is -3.52. The monoisotopic (exact) mass is 506 g/mol. The van der Waals surface area contributed by atoms with Crippen molar-refractivity contribution in [1.82, 2.24) is 5.32 Å². The van der Waals surface area contributed by atoms with Crippen molar-refractivity contribution in [1.29, 1.82) is 0 Å². The molecule has 0 atom stereocenters. The molecule has 2 aliphatic rings. The van der Waals surface area contributed by atoms with Crippen molar-refractivity contribution in [3.8, 4) is 0 Å². The molecule has 186 valence electrons. The Balaban J connectivity index is 1.59. The highest BCUT2D eigenvalue weighted by molar-refractivity contribution is 7.91. The SMILES string of the molecule is O=C(NC1CCCCCC1)c1ccc2c(c1)N(Cc1ccc(F)cc1)C(=O)c1ccccc1S2(=O)=O. The van der Waals surface area contributed by atoms with E-state index in [9.17, 15) is 22.4 Å². The van der Waals surface area contributed by atoms with E-state index < -0.39 is 21.6 Å². The average Bonchev–Trinajstić information content (AvgIpc) is 3.18. The van der Waals surface area contributed by atoms with Gasteiger partial charge in [-0.3, -0.25) is 9.59 Å². The number of hydrogen-bond donors (Lipinski definition) is 1. The van der Waals surface area contributed by atoms with E-state index in [-0.39, 0.29) is 45.1 Å². The first-order valence-electron chi connectivity index (χ1n) is 12.2. The molecule has 0 aromatic heterocycles. The summed E-state index contributed by atoms with van der Waals surface area (Å²) in [5, 5.41) is 3.08. The Morgan fingerprint density at radius 3 is 2.33 bits per heavy atom. The van der Waals surface area contributed by atoms with Gasteiger partial charge in [0.15, 0.2) is 0 Å². The lowest BCUT2D eigenvalue weighted by Gasteiger charge is -2.24. The summed E-state index contributed by atoms with van der Waals surface area (Å²) in [5.74, 6) is -1.21. The van der Waals surface area contributed by atoms with Crippen LogP contribution in [0.1, 0.15) is 64.8 Å². The van der Waals surface area contributed by atoms with Gasteiger partial charge in [-0.25, -0.2) is 12.8 Å². The molecule has 0 spiro atoms. The van der Waals surface area contributed by atoms with Gasteiger partial charge in [0.05, 0.1) is 27.6 Å². The van der Waals surface area contributed by atoms with Crippen LogP contribution in [-0.2, 0) is 16.4 Å². The molecule has 1 fully saturated rings. The standard InChI is InChI=1S/C28H27FN2O4S/c29-21-14-11-19(12-15-21)18-31-24-17-20(27(32)30-22-7-3-1-2-4-8-22)13-16-26(24)36(34,35)25-10-6-5-9-23(25)28(31)33/h5-6,9-17,22H,1-4,7-8,18H2,(H,30,32). The lowest BCUT2D eigenvalue weighted by molar-refractivity contribution is 0.0931. The molecule has 1 saturated carbocycles. The van der Waals surface area contributed by atoms with Crippen molar-refractivity contribution in [2.45, 2.75) is 60.9 Å². The van der Waals surface area contributed by atoms with Gasteiger partial charge in [-0.15, -0.1) is 0 Å². The van der Waals surface area contributed by atoms with Gasteiger partial charge in [0.2, 0.25) is 9.84 Å². The van der Waals surface area contributed by atoms with Gasteiger partial charge >= 0.3 is 0 Å². The first-order valence-corrected chi connectivity index (χ1v) is 13.7. The van der Waals surface area contributed by atoms with Crippen LogP contribution in [0.15, 0.2) is 76.5 Å². The molecule has 0 bridgehead atoms. The maximum Gasteiger partial charge on any atom is 0.259 e. The fourth-order valence-corrected chi connectivity index (χ4v) is 6.60. The molecule has 36 heavy (non-hydrogen) atoms. The minimum atomic E-state index is -4.03. The number of anilines is 1. The Morgan fingerprint density at radius 2 is 1.61 bits per heavy atom. The third kappa shape index (κ3) is 4.65. The van der Waals surface area contributed by atoms with Crippen molar-refractivity contribution in [2.75, 3.05) is 4.90 Å². The van der Waals surface area contributed by atoms with Crippen LogP contribution in [0, 0.1) is 5.82 Å². The van der Waals surface area contributed by atoms with E-state index >= 15 is 0 Å². The number of halogens is 1. The van der Waals surface area contributed by atoms with Crippen LogP contribution in [0.2, 0.25) is 0 Å². The molecule has 8 heteroatoms. The Labute approximate surface area is 210 Å². The third-order valence-corrected chi connectivity index (χ3v) is 8.76. The molecule has 5 rings (SSSR count). The fraction of sp³-hybridized carbons (Fsp3) is 0.286. The Kier molecular flexibility index (Phi) is 6.62. The van der Waals surface area contributed by atoms with Crippen LogP contribution < -0.4 is 10.2 Å². The number of rotatable bonds is 4. The molecule has 1 heterocycles. The van der Waals surface area contributed by atoms with Crippen LogP contribution in [0.3, 0.4) is 0 Å². The van der Waals surface area contributed by atoms with E-state index in [2.05, 4.69) is 5.32 Å². The first kappa shape index (κ1) is 24.2. The smallest absolute Gasteiger partial charge is 0.259 e.